The summed E-state index contributed by atoms with van der Waals surface area (Å²) in [4.78, 5) is 32.6. The Morgan fingerprint density at radius 3 is 2.63 bits per heavy atom. The maximum atomic E-state index is 12.7. The van der Waals surface area contributed by atoms with Gasteiger partial charge in [-0.3, -0.25) is 14.9 Å². The number of amides is 2. The van der Waals surface area contributed by atoms with E-state index in [2.05, 4.69) is 26.2 Å². The molecule has 154 valence electrons. The number of halogens is 1. The van der Waals surface area contributed by atoms with Crippen molar-refractivity contribution in [3.05, 3.63) is 75.2 Å². The fourth-order valence-corrected chi connectivity index (χ4v) is 4.45. The molecule has 1 aliphatic heterocycles. The lowest BCUT2D eigenvalue weighted by Crippen LogP contribution is -2.35. The molecule has 0 saturated carbocycles. The van der Waals surface area contributed by atoms with Gasteiger partial charge in [-0.1, -0.05) is 45.5 Å². The number of benzene rings is 2. The third-order valence-corrected chi connectivity index (χ3v) is 6.29. The minimum Gasteiger partial charge on any atom is -0.481 e. The molecule has 6 nitrogen and oxygen atoms in total. The minimum atomic E-state index is -0.664. The quantitative estimate of drug-likeness (QED) is 0.576. The van der Waals surface area contributed by atoms with E-state index < -0.39 is 6.10 Å². The van der Waals surface area contributed by atoms with E-state index in [-0.39, 0.29) is 11.8 Å². The molecular formula is C22H20BrN3O3S. The summed E-state index contributed by atoms with van der Waals surface area (Å²) in [6.45, 7) is 2.81. The van der Waals surface area contributed by atoms with Gasteiger partial charge in [0.1, 0.15) is 5.75 Å². The lowest BCUT2D eigenvalue weighted by molar-refractivity contribution is -0.122. The summed E-state index contributed by atoms with van der Waals surface area (Å²) in [6, 6.07) is 16.6. The summed E-state index contributed by atoms with van der Waals surface area (Å²) >= 11 is 4.78. The highest BCUT2D eigenvalue weighted by molar-refractivity contribution is 9.10. The summed E-state index contributed by atoms with van der Waals surface area (Å²) < 4.78 is 6.64. The van der Waals surface area contributed by atoms with Crippen LogP contribution in [0.2, 0.25) is 0 Å². The van der Waals surface area contributed by atoms with Crippen LogP contribution in [0.15, 0.2) is 59.1 Å². The molecule has 4 rings (SSSR count). The average Bonchev–Trinajstić information content (AvgIpc) is 3.16. The molecule has 30 heavy (non-hydrogen) atoms. The maximum Gasteiger partial charge on any atom is 0.266 e. The van der Waals surface area contributed by atoms with Gasteiger partial charge in [-0.2, -0.15) is 0 Å². The van der Waals surface area contributed by atoms with Crippen molar-refractivity contribution in [2.75, 3.05) is 11.9 Å². The third-order valence-electron chi connectivity index (χ3n) is 4.77. The van der Waals surface area contributed by atoms with Crippen LogP contribution in [0.25, 0.3) is 0 Å². The molecule has 0 aliphatic carbocycles. The van der Waals surface area contributed by atoms with Crippen molar-refractivity contribution in [2.24, 2.45) is 0 Å². The van der Waals surface area contributed by atoms with Crippen LogP contribution in [0.3, 0.4) is 0 Å². The van der Waals surface area contributed by atoms with Crippen molar-refractivity contribution in [1.29, 1.82) is 0 Å². The van der Waals surface area contributed by atoms with E-state index in [0.717, 1.165) is 15.0 Å². The summed E-state index contributed by atoms with van der Waals surface area (Å²) in [6.07, 6.45) is 0.00820. The highest BCUT2D eigenvalue weighted by Crippen LogP contribution is 2.29. The van der Waals surface area contributed by atoms with Crippen LogP contribution in [0.4, 0.5) is 5.13 Å². The zero-order chi connectivity index (χ0) is 21.1. The number of hydrogen-bond donors (Lipinski definition) is 1. The topological polar surface area (TPSA) is 71.5 Å². The molecule has 3 aromatic rings. The van der Waals surface area contributed by atoms with E-state index in [1.807, 2.05) is 47.4 Å². The predicted molar refractivity (Wildman–Crippen MR) is 120 cm³/mol. The Hall–Kier alpha value is -2.71. The fraction of sp³-hybridized carbons (Fsp3) is 0.227. The highest BCUT2D eigenvalue weighted by atomic mass is 79.9. The Morgan fingerprint density at radius 2 is 1.90 bits per heavy atom. The first-order chi connectivity index (χ1) is 14.5. The van der Waals surface area contributed by atoms with Crippen LogP contribution in [-0.4, -0.2) is 34.3 Å². The SMILES string of the molecule is CC(Oc1ccc(Br)cc1)C(=O)Nc1nc2c(s1)CN(C(=O)c1ccccc1)CC2. The number of rotatable bonds is 5. The first-order valence-corrected chi connectivity index (χ1v) is 11.2. The van der Waals surface area contributed by atoms with E-state index in [4.69, 9.17) is 4.74 Å². The molecule has 1 aromatic heterocycles. The monoisotopic (exact) mass is 485 g/mol. The molecule has 2 amide bonds. The first-order valence-electron chi connectivity index (χ1n) is 9.55. The van der Waals surface area contributed by atoms with Gasteiger partial charge in [-0.05, 0) is 43.3 Å². The van der Waals surface area contributed by atoms with Crippen LogP contribution in [0.1, 0.15) is 27.9 Å². The zero-order valence-electron chi connectivity index (χ0n) is 16.3. The molecule has 0 saturated heterocycles. The molecule has 2 heterocycles. The summed E-state index contributed by atoms with van der Waals surface area (Å²) in [5, 5.41) is 3.37. The number of ether oxygens (including phenoxy) is 1. The van der Waals surface area contributed by atoms with E-state index in [1.54, 1.807) is 19.1 Å². The second kappa shape index (κ2) is 8.97. The van der Waals surface area contributed by atoms with Gasteiger partial charge < -0.3 is 9.64 Å². The number of nitrogens with zero attached hydrogens (tertiary/aromatic N) is 2. The third kappa shape index (κ3) is 4.71. The Bertz CT molecular complexity index is 1050. The molecule has 0 radical (unpaired) electrons. The van der Waals surface area contributed by atoms with Crippen molar-refractivity contribution in [1.82, 2.24) is 9.88 Å². The lowest BCUT2D eigenvalue weighted by atomic mass is 10.1. The van der Waals surface area contributed by atoms with Crippen molar-refractivity contribution in [3.63, 3.8) is 0 Å². The van der Waals surface area contributed by atoms with Crippen LogP contribution in [-0.2, 0) is 17.8 Å². The van der Waals surface area contributed by atoms with Gasteiger partial charge in [0.05, 0.1) is 12.2 Å². The molecule has 0 bridgehead atoms. The molecule has 1 unspecified atom stereocenters. The fourth-order valence-electron chi connectivity index (χ4n) is 3.16. The van der Waals surface area contributed by atoms with Crippen molar-refractivity contribution in [3.8, 4) is 5.75 Å². The van der Waals surface area contributed by atoms with E-state index >= 15 is 0 Å². The largest absolute Gasteiger partial charge is 0.481 e. The second-order valence-corrected chi connectivity index (χ2v) is 8.93. The van der Waals surface area contributed by atoms with Crippen molar-refractivity contribution < 1.29 is 14.3 Å². The average molecular weight is 486 g/mol. The number of nitrogens with one attached hydrogen (secondary N) is 1. The van der Waals surface area contributed by atoms with Crippen LogP contribution < -0.4 is 10.1 Å². The Kier molecular flexibility index (Phi) is 6.15. The molecule has 1 atom stereocenters. The maximum absolute atomic E-state index is 12.7. The van der Waals surface area contributed by atoms with E-state index in [9.17, 15) is 9.59 Å². The Morgan fingerprint density at radius 1 is 1.17 bits per heavy atom. The lowest BCUT2D eigenvalue weighted by Gasteiger charge is -2.26. The molecule has 0 fully saturated rings. The van der Waals surface area contributed by atoms with Gasteiger partial charge >= 0.3 is 0 Å². The van der Waals surface area contributed by atoms with Gasteiger partial charge in [-0.15, -0.1) is 0 Å². The molecule has 8 heteroatoms. The first kappa shape index (κ1) is 20.6. The predicted octanol–water partition coefficient (Wildman–Crippen LogP) is 4.51. The standard InChI is InChI=1S/C22H20BrN3O3S/c1-14(29-17-9-7-16(23)8-10-17)20(27)25-22-24-18-11-12-26(13-19(18)30-22)21(28)15-5-3-2-4-6-15/h2-10,14H,11-13H2,1H3,(H,24,25,27). The Labute approximate surface area is 187 Å². The minimum absolute atomic E-state index is 0.0109. The highest BCUT2D eigenvalue weighted by Gasteiger charge is 2.26. The molecule has 0 spiro atoms. The molecule has 1 aliphatic rings. The smallest absolute Gasteiger partial charge is 0.266 e. The normalized spacial score (nSPS) is 14.0. The number of thiazole rings is 1. The van der Waals surface area contributed by atoms with Gasteiger partial charge in [0.2, 0.25) is 0 Å². The van der Waals surface area contributed by atoms with Gasteiger partial charge in [0.25, 0.3) is 11.8 Å². The molecular weight excluding hydrogens is 466 g/mol. The van der Waals surface area contributed by atoms with E-state index in [1.165, 1.54) is 11.3 Å². The van der Waals surface area contributed by atoms with Gasteiger partial charge in [-0.25, -0.2) is 4.98 Å². The molecule has 1 N–H and O–H groups in total. The number of aromatic nitrogens is 1. The summed E-state index contributed by atoms with van der Waals surface area (Å²) in [5.74, 6) is 0.368. The van der Waals surface area contributed by atoms with Crippen LogP contribution in [0, 0.1) is 0 Å². The Balaban J connectivity index is 1.38. The van der Waals surface area contributed by atoms with Crippen LogP contribution >= 0.6 is 27.3 Å². The zero-order valence-corrected chi connectivity index (χ0v) is 18.7. The number of carbonyl (C=O) groups excluding carboxylic acids is 2. The molecule has 2 aromatic carbocycles. The van der Waals surface area contributed by atoms with Gasteiger partial charge in [0.15, 0.2) is 11.2 Å². The van der Waals surface area contributed by atoms with Crippen molar-refractivity contribution in [2.45, 2.75) is 26.0 Å². The number of carbonyl (C=O) groups is 2. The number of fused-ring (bicyclic) bond motifs is 1. The summed E-state index contributed by atoms with van der Waals surface area (Å²) in [5.41, 5.74) is 1.62. The number of hydrogen-bond acceptors (Lipinski definition) is 5. The second-order valence-electron chi connectivity index (χ2n) is 6.93. The summed E-state index contributed by atoms with van der Waals surface area (Å²) in [7, 11) is 0. The van der Waals surface area contributed by atoms with Crippen LogP contribution in [0.5, 0.6) is 5.75 Å². The van der Waals surface area contributed by atoms with Crippen molar-refractivity contribution >= 4 is 44.2 Å². The van der Waals surface area contributed by atoms with Gasteiger partial charge in [0, 0.05) is 27.9 Å². The number of anilines is 1. The van der Waals surface area contributed by atoms with E-state index in [0.29, 0.717) is 36.0 Å².